The number of hydrogen-bond acceptors (Lipinski definition) is 3. The van der Waals surface area contributed by atoms with Gasteiger partial charge in [0, 0.05) is 10.1 Å². The van der Waals surface area contributed by atoms with Crippen molar-refractivity contribution in [1.29, 1.82) is 0 Å². The van der Waals surface area contributed by atoms with Gasteiger partial charge in [-0.05, 0) is 29.3 Å². The number of ether oxygens (including phenoxy) is 1. The molecule has 0 unspecified atom stereocenters. The van der Waals surface area contributed by atoms with Gasteiger partial charge >= 0.3 is 6.09 Å². The fourth-order valence-corrected chi connectivity index (χ4v) is 3.39. The van der Waals surface area contributed by atoms with Crippen LogP contribution in [0.3, 0.4) is 0 Å². The van der Waals surface area contributed by atoms with Gasteiger partial charge in [0.25, 0.3) is 0 Å². The van der Waals surface area contributed by atoms with Gasteiger partial charge < -0.3 is 9.84 Å². The van der Waals surface area contributed by atoms with E-state index in [1.54, 1.807) is 13.2 Å². The molecule has 106 valence electrons. The van der Waals surface area contributed by atoms with Crippen LogP contribution in [0.5, 0.6) is 5.75 Å². The van der Waals surface area contributed by atoms with E-state index in [2.05, 4.69) is 5.32 Å². The minimum Gasteiger partial charge on any atom is -0.496 e. The molecule has 4 nitrogen and oxygen atoms in total. The second-order valence-corrected chi connectivity index (χ2v) is 5.52. The van der Waals surface area contributed by atoms with Crippen LogP contribution < -0.4 is 10.1 Å². The van der Waals surface area contributed by atoms with E-state index >= 15 is 0 Å². The Morgan fingerprint density at radius 3 is 2.62 bits per heavy atom. The zero-order valence-electron chi connectivity index (χ0n) is 11.3. The Hall–Kier alpha value is -2.53. The van der Waals surface area contributed by atoms with Gasteiger partial charge in [-0.15, -0.1) is 11.3 Å². The summed E-state index contributed by atoms with van der Waals surface area (Å²) in [6, 6.07) is 15.7. The zero-order valence-corrected chi connectivity index (χ0v) is 12.1. The summed E-state index contributed by atoms with van der Waals surface area (Å²) in [5.74, 6) is 0.736. The third kappa shape index (κ3) is 2.55. The normalized spacial score (nSPS) is 10.5. The van der Waals surface area contributed by atoms with E-state index in [9.17, 15) is 4.79 Å². The van der Waals surface area contributed by atoms with E-state index in [1.807, 2.05) is 42.5 Å². The minimum atomic E-state index is -1.07. The minimum absolute atomic E-state index is 0.583. The summed E-state index contributed by atoms with van der Waals surface area (Å²) < 4.78 is 6.37. The summed E-state index contributed by atoms with van der Waals surface area (Å²) in [7, 11) is 1.61. The van der Waals surface area contributed by atoms with Gasteiger partial charge in [0.2, 0.25) is 0 Å². The van der Waals surface area contributed by atoms with Crippen LogP contribution in [0.15, 0.2) is 48.5 Å². The van der Waals surface area contributed by atoms with Crippen molar-refractivity contribution >= 4 is 32.5 Å². The highest BCUT2D eigenvalue weighted by atomic mass is 32.1. The highest BCUT2D eigenvalue weighted by molar-refractivity contribution is 7.23. The smallest absolute Gasteiger partial charge is 0.409 e. The molecule has 0 atom stereocenters. The lowest BCUT2D eigenvalue weighted by atomic mass is 10.0. The average Bonchev–Trinajstić information content (AvgIpc) is 2.89. The lowest BCUT2D eigenvalue weighted by Crippen LogP contribution is -2.05. The third-order valence-electron chi connectivity index (χ3n) is 3.18. The topological polar surface area (TPSA) is 58.6 Å². The second kappa shape index (κ2) is 5.46. The maximum Gasteiger partial charge on any atom is 0.409 e. The first-order valence-corrected chi connectivity index (χ1v) is 7.16. The fourth-order valence-electron chi connectivity index (χ4n) is 2.29. The Bertz CT molecular complexity index is 796. The lowest BCUT2D eigenvalue weighted by Gasteiger charge is -2.06. The van der Waals surface area contributed by atoms with Crippen LogP contribution in [0, 0.1) is 0 Å². The van der Waals surface area contributed by atoms with E-state index in [0.717, 1.165) is 27.0 Å². The Labute approximate surface area is 125 Å². The van der Waals surface area contributed by atoms with Crippen molar-refractivity contribution in [2.75, 3.05) is 12.4 Å². The van der Waals surface area contributed by atoms with E-state index in [4.69, 9.17) is 9.84 Å². The molecule has 3 aromatic rings. The molecule has 0 aliphatic rings. The Balaban J connectivity index is 2.22. The zero-order chi connectivity index (χ0) is 14.8. The molecule has 0 spiro atoms. The standard InChI is InChI=1S/C16H13NO3S/c1-20-13-8-7-11(10-5-3-2-4-6-10)15-12(13)9-14(21-15)17-16(18)19/h2-9,17H,1H3,(H,18,19). The van der Waals surface area contributed by atoms with Crippen molar-refractivity contribution < 1.29 is 14.6 Å². The van der Waals surface area contributed by atoms with Gasteiger partial charge in [-0.3, -0.25) is 5.32 Å². The number of amides is 1. The summed E-state index contributed by atoms with van der Waals surface area (Å²) in [5, 5.41) is 12.8. The molecule has 1 aromatic heterocycles. The predicted octanol–water partition coefficient (Wildman–Crippen LogP) is 4.67. The Kier molecular flexibility index (Phi) is 3.50. The molecule has 0 saturated heterocycles. The molecule has 0 fully saturated rings. The van der Waals surface area contributed by atoms with Crippen LogP contribution in [0.4, 0.5) is 9.80 Å². The highest BCUT2D eigenvalue weighted by Crippen LogP contribution is 2.41. The summed E-state index contributed by atoms with van der Waals surface area (Å²) in [6.45, 7) is 0. The van der Waals surface area contributed by atoms with Gasteiger partial charge in [0.15, 0.2) is 0 Å². The molecule has 1 amide bonds. The molecule has 0 bridgehead atoms. The Morgan fingerprint density at radius 2 is 1.95 bits per heavy atom. The quantitative estimate of drug-likeness (QED) is 0.739. The monoisotopic (exact) mass is 299 g/mol. The summed E-state index contributed by atoms with van der Waals surface area (Å²) >= 11 is 1.40. The van der Waals surface area contributed by atoms with Gasteiger partial charge in [-0.25, -0.2) is 4.79 Å². The molecule has 3 rings (SSSR count). The van der Waals surface area contributed by atoms with E-state index in [1.165, 1.54) is 11.3 Å². The maximum absolute atomic E-state index is 10.8. The number of nitrogens with one attached hydrogen (secondary N) is 1. The van der Waals surface area contributed by atoms with E-state index in [-0.39, 0.29) is 0 Å². The number of rotatable bonds is 3. The first kappa shape index (κ1) is 13.5. The molecule has 5 heteroatoms. The van der Waals surface area contributed by atoms with Crippen LogP contribution in [0.1, 0.15) is 0 Å². The molecule has 2 aromatic carbocycles. The van der Waals surface area contributed by atoms with Crippen LogP contribution in [0.2, 0.25) is 0 Å². The molecule has 0 aliphatic carbocycles. The van der Waals surface area contributed by atoms with Crippen LogP contribution >= 0.6 is 11.3 Å². The second-order valence-electron chi connectivity index (χ2n) is 4.47. The lowest BCUT2D eigenvalue weighted by molar-refractivity contribution is 0.210. The first-order chi connectivity index (χ1) is 10.2. The third-order valence-corrected chi connectivity index (χ3v) is 4.26. The molecule has 1 heterocycles. The van der Waals surface area contributed by atoms with Gasteiger partial charge in [0.1, 0.15) is 5.75 Å². The average molecular weight is 299 g/mol. The number of thiophene rings is 1. The molecular formula is C16H13NO3S. The number of carboxylic acid groups (broad SMARTS) is 1. The first-order valence-electron chi connectivity index (χ1n) is 6.35. The number of carbonyl (C=O) groups is 1. The van der Waals surface area contributed by atoms with Crippen molar-refractivity contribution in [3.05, 3.63) is 48.5 Å². The van der Waals surface area contributed by atoms with E-state index in [0.29, 0.717) is 5.00 Å². The number of benzene rings is 2. The number of anilines is 1. The van der Waals surface area contributed by atoms with Crippen LogP contribution in [-0.2, 0) is 0 Å². The predicted molar refractivity (Wildman–Crippen MR) is 85.5 cm³/mol. The number of fused-ring (bicyclic) bond motifs is 1. The van der Waals surface area contributed by atoms with Crippen molar-refractivity contribution in [2.24, 2.45) is 0 Å². The SMILES string of the molecule is COc1ccc(-c2ccccc2)c2sc(NC(=O)O)cc12. The van der Waals surface area contributed by atoms with Gasteiger partial charge in [-0.1, -0.05) is 30.3 Å². The molecule has 0 radical (unpaired) electrons. The molecule has 0 aliphatic heterocycles. The van der Waals surface area contributed by atoms with Crippen molar-refractivity contribution in [1.82, 2.24) is 0 Å². The fraction of sp³-hybridized carbons (Fsp3) is 0.0625. The van der Waals surface area contributed by atoms with E-state index < -0.39 is 6.09 Å². The maximum atomic E-state index is 10.8. The molecular weight excluding hydrogens is 286 g/mol. The molecule has 0 saturated carbocycles. The summed E-state index contributed by atoms with van der Waals surface area (Å²) in [4.78, 5) is 10.8. The number of methoxy groups -OCH3 is 1. The summed E-state index contributed by atoms with van der Waals surface area (Å²) in [6.07, 6.45) is -1.07. The largest absolute Gasteiger partial charge is 0.496 e. The highest BCUT2D eigenvalue weighted by Gasteiger charge is 2.13. The Morgan fingerprint density at radius 1 is 1.19 bits per heavy atom. The van der Waals surface area contributed by atoms with Crippen LogP contribution in [-0.4, -0.2) is 18.3 Å². The van der Waals surface area contributed by atoms with Crippen molar-refractivity contribution in [2.45, 2.75) is 0 Å². The van der Waals surface area contributed by atoms with Gasteiger partial charge in [-0.2, -0.15) is 0 Å². The molecule has 2 N–H and O–H groups in total. The van der Waals surface area contributed by atoms with Gasteiger partial charge in [0.05, 0.1) is 12.1 Å². The van der Waals surface area contributed by atoms with Crippen molar-refractivity contribution in [3.8, 4) is 16.9 Å². The summed E-state index contributed by atoms with van der Waals surface area (Å²) in [5.41, 5.74) is 2.16. The van der Waals surface area contributed by atoms with Crippen LogP contribution in [0.25, 0.3) is 21.2 Å². The molecule has 21 heavy (non-hydrogen) atoms. The number of hydrogen-bond donors (Lipinski definition) is 2. The van der Waals surface area contributed by atoms with Crippen molar-refractivity contribution in [3.63, 3.8) is 0 Å².